The third-order valence-corrected chi connectivity index (χ3v) is 1.47. The lowest BCUT2D eigenvalue weighted by Crippen LogP contribution is -2.02. The second-order valence-electron chi connectivity index (χ2n) is 2.24. The van der Waals surface area contributed by atoms with Crippen LogP contribution in [0.3, 0.4) is 0 Å². The minimum Gasteiger partial charge on any atom is -0.296 e. The van der Waals surface area contributed by atoms with E-state index in [1.807, 2.05) is 0 Å². The first-order valence-corrected chi connectivity index (χ1v) is 3.38. The zero-order chi connectivity index (χ0) is 8.39. The second kappa shape index (κ2) is 2.61. The Bertz CT molecular complexity index is 376. The van der Waals surface area contributed by atoms with Crippen molar-refractivity contribution in [2.24, 2.45) is 0 Å². The largest absolute Gasteiger partial charge is 0.296 e. The van der Waals surface area contributed by atoms with Gasteiger partial charge in [-0.15, -0.1) is 0 Å². The van der Waals surface area contributed by atoms with Crippen LogP contribution >= 0.6 is 0 Å². The van der Waals surface area contributed by atoms with Gasteiger partial charge in [-0.25, -0.2) is 19.3 Å². The summed E-state index contributed by atoms with van der Waals surface area (Å²) in [5, 5.41) is 0. The molecule has 2 aromatic rings. The Morgan fingerprint density at radius 1 is 1.33 bits per heavy atom. The molecule has 2 rings (SSSR count). The molecular formula is C7H6N4O. The van der Waals surface area contributed by atoms with Crippen molar-refractivity contribution in [3.8, 4) is 0 Å². The summed E-state index contributed by atoms with van der Waals surface area (Å²) in [5.41, 5.74) is 0.406. The molecule has 0 spiro atoms. The summed E-state index contributed by atoms with van der Waals surface area (Å²) in [6, 6.07) is 0. The average molecular weight is 162 g/mol. The van der Waals surface area contributed by atoms with Crippen molar-refractivity contribution in [3.63, 3.8) is 0 Å². The summed E-state index contributed by atoms with van der Waals surface area (Å²) in [5.74, 6) is 0. The maximum atomic E-state index is 10.3. The van der Waals surface area contributed by atoms with Gasteiger partial charge in [0, 0.05) is 12.4 Å². The highest BCUT2D eigenvalue weighted by Gasteiger charge is 1.96. The summed E-state index contributed by atoms with van der Waals surface area (Å²) < 4.78 is 3.37. The van der Waals surface area contributed by atoms with Crippen LogP contribution in [0.15, 0.2) is 31.2 Å². The van der Waals surface area contributed by atoms with Crippen LogP contribution in [0.25, 0.3) is 0 Å². The van der Waals surface area contributed by atoms with Crippen molar-refractivity contribution < 1.29 is 4.79 Å². The lowest BCUT2D eigenvalue weighted by atomic mass is 10.5. The van der Waals surface area contributed by atoms with Crippen LogP contribution in [-0.2, 0) is 0 Å². The highest BCUT2D eigenvalue weighted by Crippen LogP contribution is 1.93. The summed E-state index contributed by atoms with van der Waals surface area (Å²) in [7, 11) is 0. The van der Waals surface area contributed by atoms with E-state index >= 15 is 0 Å². The smallest absolute Gasteiger partial charge is 0.170 e. The molecule has 60 valence electrons. The van der Waals surface area contributed by atoms with Crippen molar-refractivity contribution >= 4 is 6.29 Å². The van der Waals surface area contributed by atoms with Crippen molar-refractivity contribution in [3.05, 3.63) is 36.9 Å². The van der Waals surface area contributed by atoms with Crippen LogP contribution in [-0.4, -0.2) is 25.6 Å². The van der Waals surface area contributed by atoms with Gasteiger partial charge in [0.1, 0.15) is 18.3 Å². The number of carbonyl (C=O) groups is 1. The lowest BCUT2D eigenvalue weighted by molar-refractivity contribution is 0.111. The molecule has 0 radical (unpaired) electrons. The first-order chi connectivity index (χ1) is 5.90. The standard InChI is InChI=1S/C7H6N4O/c12-4-7-3-11(6-9-7)10-2-1-8-5-10/h1-6H. The molecule has 0 fully saturated rings. The normalized spacial score (nSPS) is 10.0. The van der Waals surface area contributed by atoms with Gasteiger partial charge < -0.3 is 0 Å². The summed E-state index contributed by atoms with van der Waals surface area (Å²) in [6.07, 6.45) is 8.90. The third-order valence-electron chi connectivity index (χ3n) is 1.47. The number of nitrogens with zero attached hydrogens (tertiary/aromatic N) is 4. The Balaban J connectivity index is 2.41. The molecule has 0 aliphatic carbocycles. The Kier molecular flexibility index (Phi) is 1.48. The van der Waals surface area contributed by atoms with Gasteiger partial charge in [0.25, 0.3) is 0 Å². The number of aldehydes is 1. The summed E-state index contributed by atoms with van der Waals surface area (Å²) in [6.45, 7) is 0. The molecule has 0 atom stereocenters. The molecule has 0 aliphatic rings. The predicted molar refractivity (Wildman–Crippen MR) is 40.6 cm³/mol. The molecule has 0 amide bonds. The van der Waals surface area contributed by atoms with Gasteiger partial charge >= 0.3 is 0 Å². The van der Waals surface area contributed by atoms with E-state index in [2.05, 4.69) is 9.97 Å². The molecule has 0 N–H and O–H groups in total. The minimum atomic E-state index is 0.406. The Hall–Kier alpha value is -1.91. The van der Waals surface area contributed by atoms with Crippen LogP contribution in [0.1, 0.15) is 10.5 Å². The number of rotatable bonds is 2. The molecule has 2 aromatic heterocycles. The van der Waals surface area contributed by atoms with E-state index in [0.717, 1.165) is 0 Å². The summed E-state index contributed by atoms with van der Waals surface area (Å²) >= 11 is 0. The molecule has 5 heteroatoms. The fourth-order valence-corrected chi connectivity index (χ4v) is 0.904. The molecule has 0 saturated carbocycles. The fraction of sp³-hybridized carbons (Fsp3) is 0. The molecule has 0 aliphatic heterocycles. The van der Waals surface area contributed by atoms with E-state index in [0.29, 0.717) is 12.0 Å². The molecule has 12 heavy (non-hydrogen) atoms. The van der Waals surface area contributed by atoms with E-state index in [-0.39, 0.29) is 0 Å². The Labute approximate surface area is 68.3 Å². The Morgan fingerprint density at radius 3 is 2.83 bits per heavy atom. The first-order valence-electron chi connectivity index (χ1n) is 3.38. The first kappa shape index (κ1) is 6.78. The number of imidazole rings is 2. The van der Waals surface area contributed by atoms with Gasteiger partial charge in [0.15, 0.2) is 6.29 Å². The molecule has 0 saturated heterocycles. The number of aromatic nitrogens is 4. The SMILES string of the molecule is O=Cc1cn(-n2ccnc2)cn1. The average Bonchev–Trinajstić information content (AvgIpc) is 2.75. The van der Waals surface area contributed by atoms with Gasteiger partial charge in [-0.1, -0.05) is 0 Å². The van der Waals surface area contributed by atoms with Crippen molar-refractivity contribution in [1.82, 2.24) is 19.3 Å². The number of hydrogen-bond acceptors (Lipinski definition) is 3. The monoisotopic (exact) mass is 162 g/mol. The maximum Gasteiger partial charge on any atom is 0.170 e. The van der Waals surface area contributed by atoms with Crippen molar-refractivity contribution in [1.29, 1.82) is 0 Å². The lowest BCUT2D eigenvalue weighted by Gasteiger charge is -1.98. The fourth-order valence-electron chi connectivity index (χ4n) is 0.904. The molecule has 0 unspecified atom stereocenters. The van der Waals surface area contributed by atoms with Crippen molar-refractivity contribution in [2.75, 3.05) is 0 Å². The van der Waals surface area contributed by atoms with Crippen molar-refractivity contribution in [2.45, 2.75) is 0 Å². The van der Waals surface area contributed by atoms with Crippen LogP contribution in [0.5, 0.6) is 0 Å². The van der Waals surface area contributed by atoms with E-state index < -0.39 is 0 Å². The molecule has 2 heterocycles. The number of hydrogen-bond donors (Lipinski definition) is 0. The van der Waals surface area contributed by atoms with Crippen LogP contribution < -0.4 is 0 Å². The highest BCUT2D eigenvalue weighted by atomic mass is 16.1. The van der Waals surface area contributed by atoms with Gasteiger partial charge in [-0.3, -0.25) is 4.79 Å². The Morgan fingerprint density at radius 2 is 2.25 bits per heavy atom. The van der Waals surface area contributed by atoms with Gasteiger partial charge in [-0.2, -0.15) is 0 Å². The van der Waals surface area contributed by atoms with Crippen LogP contribution in [0, 0.1) is 0 Å². The zero-order valence-electron chi connectivity index (χ0n) is 6.16. The van der Waals surface area contributed by atoms with Crippen LogP contribution in [0.2, 0.25) is 0 Å². The van der Waals surface area contributed by atoms with Gasteiger partial charge in [0.05, 0.1) is 6.20 Å². The van der Waals surface area contributed by atoms with E-state index in [9.17, 15) is 4.79 Å². The highest BCUT2D eigenvalue weighted by molar-refractivity contribution is 5.70. The van der Waals surface area contributed by atoms with E-state index in [1.54, 1.807) is 40.6 Å². The minimum absolute atomic E-state index is 0.406. The maximum absolute atomic E-state index is 10.3. The zero-order valence-corrected chi connectivity index (χ0v) is 6.16. The topological polar surface area (TPSA) is 52.7 Å². The summed E-state index contributed by atoms with van der Waals surface area (Å²) in [4.78, 5) is 18.0. The molecular weight excluding hydrogens is 156 g/mol. The molecule has 5 nitrogen and oxygen atoms in total. The third kappa shape index (κ3) is 1.01. The van der Waals surface area contributed by atoms with Gasteiger partial charge in [0.2, 0.25) is 0 Å². The molecule has 0 aromatic carbocycles. The predicted octanol–water partition coefficient (Wildman–Crippen LogP) is 0.203. The van der Waals surface area contributed by atoms with E-state index in [4.69, 9.17) is 0 Å². The molecule has 0 bridgehead atoms. The van der Waals surface area contributed by atoms with Crippen LogP contribution in [0.4, 0.5) is 0 Å². The van der Waals surface area contributed by atoms with Gasteiger partial charge in [-0.05, 0) is 0 Å². The number of carbonyl (C=O) groups excluding carboxylic acids is 1. The second-order valence-corrected chi connectivity index (χ2v) is 2.24. The van der Waals surface area contributed by atoms with E-state index in [1.165, 1.54) is 0 Å². The quantitative estimate of drug-likeness (QED) is 0.593.